The third kappa shape index (κ3) is 4.27. The van der Waals surface area contributed by atoms with Gasteiger partial charge in [-0.25, -0.2) is 0 Å². The fourth-order valence-electron chi connectivity index (χ4n) is 1.09. The number of hydrogen-bond donors (Lipinski definition) is 2. The van der Waals surface area contributed by atoms with Crippen molar-refractivity contribution in [1.29, 1.82) is 0 Å². The van der Waals surface area contributed by atoms with Crippen LogP contribution in [0, 0.1) is 0 Å². The van der Waals surface area contributed by atoms with Gasteiger partial charge in [-0.2, -0.15) is 0 Å². The van der Waals surface area contributed by atoms with E-state index in [1.807, 2.05) is 13.8 Å². The van der Waals surface area contributed by atoms with Gasteiger partial charge in [-0.1, -0.05) is 0 Å². The molecule has 0 unspecified atom stereocenters. The minimum Gasteiger partial charge on any atom is -0.506 e. The molecule has 0 spiro atoms. The molecular weight excluding hydrogens is 192 g/mol. The lowest BCUT2D eigenvalue weighted by molar-refractivity contribution is 0.0230. The number of ether oxygens (including phenoxy) is 1. The van der Waals surface area contributed by atoms with Crippen LogP contribution in [0.25, 0.3) is 0 Å². The number of hydrogen-bond acceptors (Lipinski definition) is 4. The van der Waals surface area contributed by atoms with Crippen LogP contribution in [0.5, 0.6) is 5.75 Å². The molecule has 1 rings (SSSR count). The van der Waals surface area contributed by atoms with Crippen LogP contribution >= 0.6 is 0 Å². The summed E-state index contributed by atoms with van der Waals surface area (Å²) in [5.74, 6) is 0.191. The highest BCUT2D eigenvalue weighted by molar-refractivity contribution is 5.17. The maximum atomic E-state index is 9.05. The molecule has 4 heteroatoms. The van der Waals surface area contributed by atoms with E-state index in [0.29, 0.717) is 6.54 Å². The van der Waals surface area contributed by atoms with Crippen LogP contribution in [0.4, 0.5) is 0 Å². The van der Waals surface area contributed by atoms with E-state index in [9.17, 15) is 0 Å². The third-order valence-electron chi connectivity index (χ3n) is 2.22. The Bertz CT molecular complexity index is 296. The predicted molar refractivity (Wildman–Crippen MR) is 58.7 cm³/mol. The maximum Gasteiger partial charge on any atom is 0.133 e. The van der Waals surface area contributed by atoms with Crippen LogP contribution in [0.3, 0.4) is 0 Å². The average molecular weight is 210 g/mol. The predicted octanol–water partition coefficient (Wildman–Crippen LogP) is 1.30. The maximum absolute atomic E-state index is 9.05. The Morgan fingerprint density at radius 3 is 2.73 bits per heavy atom. The van der Waals surface area contributed by atoms with Crippen molar-refractivity contribution < 1.29 is 9.84 Å². The van der Waals surface area contributed by atoms with Gasteiger partial charge >= 0.3 is 0 Å². The summed E-state index contributed by atoms with van der Waals surface area (Å²) in [5, 5.41) is 12.3. The monoisotopic (exact) mass is 210 g/mol. The van der Waals surface area contributed by atoms with E-state index in [1.165, 1.54) is 6.20 Å². The number of nitrogens with one attached hydrogen (secondary N) is 1. The van der Waals surface area contributed by atoms with E-state index < -0.39 is 0 Å². The molecule has 0 aliphatic carbocycles. The zero-order valence-corrected chi connectivity index (χ0v) is 9.45. The van der Waals surface area contributed by atoms with Crippen LogP contribution in [0.2, 0.25) is 0 Å². The van der Waals surface area contributed by atoms with Crippen molar-refractivity contribution in [3.8, 4) is 5.75 Å². The molecule has 2 N–H and O–H groups in total. The van der Waals surface area contributed by atoms with E-state index >= 15 is 0 Å². The van der Waals surface area contributed by atoms with E-state index in [0.717, 1.165) is 12.2 Å². The van der Waals surface area contributed by atoms with E-state index in [4.69, 9.17) is 9.84 Å². The van der Waals surface area contributed by atoms with Gasteiger partial charge in [0.1, 0.15) is 5.75 Å². The number of nitrogens with zero attached hydrogens (tertiary/aromatic N) is 1. The Labute approximate surface area is 90.3 Å². The molecule has 0 radical (unpaired) electrons. The second-order valence-electron chi connectivity index (χ2n) is 4.08. The topological polar surface area (TPSA) is 54.4 Å². The molecule has 84 valence electrons. The summed E-state index contributed by atoms with van der Waals surface area (Å²) in [5.41, 5.74) is 0.733. The van der Waals surface area contributed by atoms with Gasteiger partial charge in [0.15, 0.2) is 0 Å². The summed E-state index contributed by atoms with van der Waals surface area (Å²) in [6.07, 6.45) is 1.44. The van der Waals surface area contributed by atoms with Crippen molar-refractivity contribution in [2.75, 3.05) is 13.7 Å². The lowest BCUT2D eigenvalue weighted by Gasteiger charge is -2.23. The molecule has 0 fully saturated rings. The highest BCUT2D eigenvalue weighted by Gasteiger charge is 2.14. The van der Waals surface area contributed by atoms with Gasteiger partial charge in [0.25, 0.3) is 0 Å². The van der Waals surface area contributed by atoms with Crippen LogP contribution < -0.4 is 5.32 Å². The molecule has 1 aromatic rings. The lowest BCUT2D eigenvalue weighted by atomic mass is 10.1. The minimum absolute atomic E-state index is 0.170. The van der Waals surface area contributed by atoms with Crippen LogP contribution in [0.15, 0.2) is 18.3 Å². The second-order valence-corrected chi connectivity index (χ2v) is 4.08. The van der Waals surface area contributed by atoms with Gasteiger partial charge in [0.05, 0.1) is 17.5 Å². The molecule has 0 bridgehead atoms. The molecule has 0 atom stereocenters. The summed E-state index contributed by atoms with van der Waals surface area (Å²) in [6, 6.07) is 3.42. The Kier molecular flexibility index (Phi) is 4.05. The van der Waals surface area contributed by atoms with Gasteiger partial charge < -0.3 is 15.2 Å². The van der Waals surface area contributed by atoms with Gasteiger partial charge in [-0.3, -0.25) is 4.98 Å². The normalized spacial score (nSPS) is 11.7. The first-order chi connectivity index (χ1) is 7.03. The summed E-state index contributed by atoms with van der Waals surface area (Å²) >= 11 is 0. The fourth-order valence-corrected chi connectivity index (χ4v) is 1.09. The Morgan fingerprint density at radius 2 is 2.20 bits per heavy atom. The van der Waals surface area contributed by atoms with Crippen molar-refractivity contribution in [1.82, 2.24) is 10.3 Å². The van der Waals surface area contributed by atoms with Gasteiger partial charge in [0.2, 0.25) is 0 Å². The zero-order chi connectivity index (χ0) is 11.3. The van der Waals surface area contributed by atoms with E-state index in [2.05, 4.69) is 10.3 Å². The molecule has 0 aliphatic rings. The van der Waals surface area contributed by atoms with Crippen molar-refractivity contribution in [2.24, 2.45) is 0 Å². The van der Waals surface area contributed by atoms with Gasteiger partial charge in [-0.15, -0.1) is 0 Å². The molecule has 0 saturated heterocycles. The molecule has 0 saturated carbocycles. The van der Waals surface area contributed by atoms with E-state index in [-0.39, 0.29) is 11.4 Å². The summed E-state index contributed by atoms with van der Waals surface area (Å²) < 4.78 is 5.27. The smallest absolute Gasteiger partial charge is 0.133 e. The van der Waals surface area contributed by atoms with E-state index in [1.54, 1.807) is 19.2 Å². The van der Waals surface area contributed by atoms with Crippen LogP contribution in [-0.2, 0) is 11.3 Å². The van der Waals surface area contributed by atoms with Crippen molar-refractivity contribution >= 4 is 0 Å². The molecular formula is C11H18N2O2. The third-order valence-corrected chi connectivity index (χ3v) is 2.22. The number of methoxy groups -OCH3 is 1. The van der Waals surface area contributed by atoms with Crippen LogP contribution in [0.1, 0.15) is 19.5 Å². The first-order valence-corrected chi connectivity index (χ1v) is 4.93. The number of aromatic nitrogens is 1. The molecule has 0 aliphatic heterocycles. The van der Waals surface area contributed by atoms with Crippen molar-refractivity contribution in [2.45, 2.75) is 26.0 Å². The average Bonchev–Trinajstić information content (AvgIpc) is 2.21. The Morgan fingerprint density at radius 1 is 1.47 bits per heavy atom. The first kappa shape index (κ1) is 11.9. The fraction of sp³-hybridized carbons (Fsp3) is 0.545. The minimum atomic E-state index is -0.170. The second kappa shape index (κ2) is 5.09. The largest absolute Gasteiger partial charge is 0.506 e. The molecule has 0 amide bonds. The zero-order valence-electron chi connectivity index (χ0n) is 9.45. The highest BCUT2D eigenvalue weighted by atomic mass is 16.5. The van der Waals surface area contributed by atoms with Gasteiger partial charge in [0, 0.05) is 20.2 Å². The summed E-state index contributed by atoms with van der Waals surface area (Å²) in [6.45, 7) is 5.47. The molecule has 15 heavy (non-hydrogen) atoms. The SMILES string of the molecule is COC(C)(C)CNCc1ccc(O)cn1. The molecule has 1 aromatic heterocycles. The molecule has 4 nitrogen and oxygen atoms in total. The number of aromatic hydroxyl groups is 1. The number of pyridine rings is 1. The van der Waals surface area contributed by atoms with Gasteiger partial charge in [-0.05, 0) is 26.0 Å². The lowest BCUT2D eigenvalue weighted by Crippen LogP contribution is -2.36. The standard InChI is InChI=1S/C11H18N2O2/c1-11(2,15-3)8-12-6-9-4-5-10(14)7-13-9/h4-5,7,12,14H,6,8H2,1-3H3. The van der Waals surface area contributed by atoms with Crippen molar-refractivity contribution in [3.63, 3.8) is 0 Å². The Balaban J connectivity index is 2.35. The van der Waals surface area contributed by atoms with Crippen LogP contribution in [-0.4, -0.2) is 29.3 Å². The molecule has 0 aromatic carbocycles. The summed E-state index contributed by atoms with van der Waals surface area (Å²) in [4.78, 5) is 4.07. The first-order valence-electron chi connectivity index (χ1n) is 4.93. The number of rotatable bonds is 5. The Hall–Kier alpha value is -1.13. The highest BCUT2D eigenvalue weighted by Crippen LogP contribution is 2.07. The van der Waals surface area contributed by atoms with Crippen molar-refractivity contribution in [3.05, 3.63) is 24.0 Å². The quantitative estimate of drug-likeness (QED) is 0.769. The molecule has 1 heterocycles. The summed E-state index contributed by atoms with van der Waals surface area (Å²) in [7, 11) is 1.69.